The van der Waals surface area contributed by atoms with E-state index < -0.39 is 0 Å². The molecule has 0 spiro atoms. The molecule has 1 amide bonds. The molecule has 1 N–H and O–H groups in total. The molecule has 0 aromatic carbocycles. The highest BCUT2D eigenvalue weighted by Crippen LogP contribution is 1.83. The smallest absolute Gasteiger partial charge is 0.232 e. The van der Waals surface area contributed by atoms with Crippen LogP contribution in [0.25, 0.3) is 0 Å². The van der Waals surface area contributed by atoms with Crippen LogP contribution < -0.4 is 5.32 Å². The molecule has 58 valence electrons. The third-order valence-corrected chi connectivity index (χ3v) is 1.08. The van der Waals surface area contributed by atoms with Crippen LogP contribution in [-0.2, 0) is 4.79 Å². The van der Waals surface area contributed by atoms with E-state index in [-0.39, 0.29) is 12.3 Å². The summed E-state index contributed by atoms with van der Waals surface area (Å²) in [4.78, 5) is 10.7. The molecule has 2 heteroatoms. The van der Waals surface area contributed by atoms with Crippen molar-refractivity contribution in [3.8, 4) is 24.7 Å². The van der Waals surface area contributed by atoms with E-state index in [0.29, 0.717) is 13.0 Å². The summed E-state index contributed by atoms with van der Waals surface area (Å²) in [6.45, 7) is 0.616. The molecule has 2 nitrogen and oxygen atoms in total. The first-order valence-electron chi connectivity index (χ1n) is 3.45. The summed E-state index contributed by atoms with van der Waals surface area (Å²) in [6, 6.07) is 0. The standard InChI is InChI=1S/C9H11NO/c1-3-5-6-8-10-9(11)7-4-2/h1-2H,5-8H2,(H,10,11). The first-order chi connectivity index (χ1) is 5.31. The zero-order valence-electron chi connectivity index (χ0n) is 6.39. The van der Waals surface area contributed by atoms with Crippen LogP contribution >= 0.6 is 0 Å². The third-order valence-electron chi connectivity index (χ3n) is 1.08. The lowest BCUT2D eigenvalue weighted by Crippen LogP contribution is -2.23. The van der Waals surface area contributed by atoms with Crippen LogP contribution in [-0.4, -0.2) is 12.5 Å². The number of unbranched alkanes of at least 4 members (excludes halogenated alkanes) is 1. The zero-order chi connectivity index (χ0) is 8.53. The van der Waals surface area contributed by atoms with Gasteiger partial charge < -0.3 is 5.32 Å². The second-order valence-corrected chi connectivity index (χ2v) is 2.04. The van der Waals surface area contributed by atoms with Gasteiger partial charge in [0.2, 0.25) is 5.91 Å². The summed E-state index contributed by atoms with van der Waals surface area (Å²) in [6.07, 6.45) is 11.6. The fraction of sp³-hybridized carbons (Fsp3) is 0.444. The molecular formula is C9H11NO. The molecule has 0 saturated carbocycles. The number of rotatable bonds is 4. The van der Waals surface area contributed by atoms with E-state index in [9.17, 15) is 4.79 Å². The number of carbonyl (C=O) groups is 1. The maximum absolute atomic E-state index is 10.7. The summed E-state index contributed by atoms with van der Waals surface area (Å²) in [5, 5.41) is 2.64. The van der Waals surface area contributed by atoms with Crippen molar-refractivity contribution in [1.82, 2.24) is 5.32 Å². The van der Waals surface area contributed by atoms with Crippen molar-refractivity contribution in [3.05, 3.63) is 0 Å². The second kappa shape index (κ2) is 6.71. The molecule has 0 heterocycles. The van der Waals surface area contributed by atoms with Gasteiger partial charge in [0.15, 0.2) is 0 Å². The number of nitrogens with one attached hydrogen (secondary N) is 1. The highest BCUT2D eigenvalue weighted by atomic mass is 16.1. The molecule has 0 aliphatic rings. The topological polar surface area (TPSA) is 29.1 Å². The quantitative estimate of drug-likeness (QED) is 0.458. The van der Waals surface area contributed by atoms with Crippen molar-refractivity contribution >= 4 is 5.91 Å². The molecule has 0 saturated heterocycles. The minimum absolute atomic E-state index is 0.107. The SMILES string of the molecule is C#CCCCNC(=O)CC#C. The molecule has 11 heavy (non-hydrogen) atoms. The number of hydrogen-bond acceptors (Lipinski definition) is 1. The summed E-state index contributed by atoms with van der Waals surface area (Å²) < 4.78 is 0. The van der Waals surface area contributed by atoms with Crippen molar-refractivity contribution in [2.45, 2.75) is 19.3 Å². The van der Waals surface area contributed by atoms with Gasteiger partial charge in [-0.05, 0) is 6.42 Å². The zero-order valence-corrected chi connectivity index (χ0v) is 6.39. The Bertz CT molecular complexity index is 195. The van der Waals surface area contributed by atoms with Gasteiger partial charge in [-0.15, -0.1) is 18.8 Å². The van der Waals surface area contributed by atoms with Crippen molar-refractivity contribution in [3.63, 3.8) is 0 Å². The summed E-state index contributed by atoms with van der Waals surface area (Å²) in [7, 11) is 0. The molecule has 0 fully saturated rings. The normalized spacial score (nSPS) is 7.82. The average Bonchev–Trinajstić information content (AvgIpc) is 1.99. The Morgan fingerprint density at radius 3 is 2.64 bits per heavy atom. The average molecular weight is 149 g/mol. The van der Waals surface area contributed by atoms with E-state index in [0.717, 1.165) is 6.42 Å². The van der Waals surface area contributed by atoms with Crippen molar-refractivity contribution < 1.29 is 4.79 Å². The van der Waals surface area contributed by atoms with E-state index in [1.165, 1.54) is 0 Å². The van der Waals surface area contributed by atoms with Gasteiger partial charge in [0.25, 0.3) is 0 Å². The molecule has 0 aliphatic heterocycles. The van der Waals surface area contributed by atoms with Gasteiger partial charge in [-0.3, -0.25) is 4.79 Å². The molecule has 0 unspecified atom stereocenters. The van der Waals surface area contributed by atoms with Gasteiger partial charge in [0.1, 0.15) is 0 Å². The molecule has 0 aromatic heterocycles. The Kier molecular flexibility index (Phi) is 5.85. The van der Waals surface area contributed by atoms with Crippen LogP contribution in [0.3, 0.4) is 0 Å². The third kappa shape index (κ3) is 6.48. The lowest BCUT2D eigenvalue weighted by molar-refractivity contribution is -0.120. The molecule has 0 rings (SSSR count). The van der Waals surface area contributed by atoms with Crippen LogP contribution in [0, 0.1) is 24.7 Å². The van der Waals surface area contributed by atoms with Crippen LogP contribution in [0.5, 0.6) is 0 Å². The van der Waals surface area contributed by atoms with Gasteiger partial charge in [0, 0.05) is 13.0 Å². The summed E-state index contributed by atoms with van der Waals surface area (Å²) >= 11 is 0. The highest BCUT2D eigenvalue weighted by molar-refractivity contribution is 5.78. The number of amides is 1. The highest BCUT2D eigenvalue weighted by Gasteiger charge is 1.94. The molecule has 0 aliphatic carbocycles. The Balaban J connectivity index is 3.20. The number of carbonyl (C=O) groups excluding carboxylic acids is 1. The monoisotopic (exact) mass is 149 g/mol. The molecular weight excluding hydrogens is 138 g/mol. The maximum Gasteiger partial charge on any atom is 0.232 e. The number of hydrogen-bond donors (Lipinski definition) is 1. The molecule has 0 bridgehead atoms. The minimum Gasteiger partial charge on any atom is -0.355 e. The Labute approximate surface area is 67.4 Å². The van der Waals surface area contributed by atoms with Crippen LogP contribution in [0.2, 0.25) is 0 Å². The summed E-state index contributed by atoms with van der Waals surface area (Å²) in [5.74, 6) is 4.63. The summed E-state index contributed by atoms with van der Waals surface area (Å²) in [5.41, 5.74) is 0. The Morgan fingerprint density at radius 1 is 1.36 bits per heavy atom. The van der Waals surface area contributed by atoms with E-state index in [2.05, 4.69) is 17.2 Å². The van der Waals surface area contributed by atoms with Gasteiger partial charge in [-0.25, -0.2) is 0 Å². The first kappa shape index (κ1) is 9.59. The predicted molar refractivity (Wildman–Crippen MR) is 44.5 cm³/mol. The number of terminal acetylenes is 2. The van der Waals surface area contributed by atoms with E-state index in [1.807, 2.05) is 0 Å². The van der Waals surface area contributed by atoms with Crippen molar-refractivity contribution in [2.75, 3.05) is 6.54 Å². The van der Waals surface area contributed by atoms with Gasteiger partial charge >= 0.3 is 0 Å². The Morgan fingerprint density at radius 2 is 2.09 bits per heavy atom. The first-order valence-corrected chi connectivity index (χ1v) is 3.45. The predicted octanol–water partition coefficient (Wildman–Crippen LogP) is 0.539. The van der Waals surface area contributed by atoms with Gasteiger partial charge in [-0.2, -0.15) is 0 Å². The lowest BCUT2D eigenvalue weighted by Gasteiger charge is -1.98. The van der Waals surface area contributed by atoms with Crippen molar-refractivity contribution in [1.29, 1.82) is 0 Å². The minimum atomic E-state index is -0.107. The van der Waals surface area contributed by atoms with E-state index in [1.54, 1.807) is 0 Å². The lowest BCUT2D eigenvalue weighted by atomic mass is 10.3. The fourth-order valence-corrected chi connectivity index (χ4v) is 0.573. The van der Waals surface area contributed by atoms with Crippen LogP contribution in [0.4, 0.5) is 0 Å². The second-order valence-electron chi connectivity index (χ2n) is 2.04. The van der Waals surface area contributed by atoms with Gasteiger partial charge in [0.05, 0.1) is 6.42 Å². The molecule has 0 aromatic rings. The Hall–Kier alpha value is -1.41. The molecule has 0 radical (unpaired) electrons. The van der Waals surface area contributed by atoms with Crippen molar-refractivity contribution in [2.24, 2.45) is 0 Å². The van der Waals surface area contributed by atoms with Crippen LogP contribution in [0.1, 0.15) is 19.3 Å². The van der Waals surface area contributed by atoms with Crippen LogP contribution in [0.15, 0.2) is 0 Å². The fourth-order valence-electron chi connectivity index (χ4n) is 0.573. The van der Waals surface area contributed by atoms with Gasteiger partial charge in [-0.1, -0.05) is 5.92 Å². The van der Waals surface area contributed by atoms with E-state index in [4.69, 9.17) is 12.8 Å². The maximum atomic E-state index is 10.7. The molecule has 0 atom stereocenters. The largest absolute Gasteiger partial charge is 0.355 e. The van der Waals surface area contributed by atoms with E-state index >= 15 is 0 Å².